The Morgan fingerprint density at radius 2 is 1.89 bits per heavy atom. The van der Waals surface area contributed by atoms with Gasteiger partial charge >= 0.3 is 0 Å². The molecule has 1 atom stereocenters. The van der Waals surface area contributed by atoms with Gasteiger partial charge in [0.2, 0.25) is 0 Å². The smallest absolute Gasteiger partial charge is 0.128 e. The quantitative estimate of drug-likeness (QED) is 0.897. The monoisotopic (exact) mass is 256 g/mol. The van der Waals surface area contributed by atoms with Crippen molar-refractivity contribution in [1.82, 2.24) is 4.90 Å². The first-order valence-corrected chi connectivity index (χ1v) is 6.10. The first-order valence-electron chi connectivity index (χ1n) is 6.10. The lowest BCUT2D eigenvalue weighted by Gasteiger charge is -2.33. The van der Waals surface area contributed by atoms with E-state index >= 15 is 0 Å². The Morgan fingerprint density at radius 1 is 1.28 bits per heavy atom. The number of rotatable bonds is 4. The molecule has 0 bridgehead atoms. The van der Waals surface area contributed by atoms with E-state index in [1.807, 2.05) is 11.9 Å². The van der Waals surface area contributed by atoms with Gasteiger partial charge in [0.05, 0.1) is 0 Å². The molecular weight excluding hydrogens is 234 g/mol. The van der Waals surface area contributed by atoms with Gasteiger partial charge in [-0.15, -0.1) is 0 Å². The third kappa shape index (κ3) is 4.03. The van der Waals surface area contributed by atoms with Gasteiger partial charge in [0.15, 0.2) is 0 Å². The molecule has 1 rings (SSSR count). The van der Waals surface area contributed by atoms with Crippen LogP contribution >= 0.6 is 0 Å². The number of nitrogens with two attached hydrogens (primary N) is 1. The van der Waals surface area contributed by atoms with Crippen molar-refractivity contribution in [3.63, 3.8) is 0 Å². The fourth-order valence-corrected chi connectivity index (χ4v) is 2.17. The zero-order valence-corrected chi connectivity index (χ0v) is 11.5. The van der Waals surface area contributed by atoms with Crippen molar-refractivity contribution < 1.29 is 8.78 Å². The summed E-state index contributed by atoms with van der Waals surface area (Å²) >= 11 is 0. The van der Waals surface area contributed by atoms with Crippen molar-refractivity contribution in [2.45, 2.75) is 26.8 Å². The Morgan fingerprint density at radius 3 is 2.39 bits per heavy atom. The molecule has 2 N–H and O–H groups in total. The van der Waals surface area contributed by atoms with Crippen LogP contribution in [-0.4, -0.2) is 25.0 Å². The minimum atomic E-state index is -0.436. The Hall–Kier alpha value is -1.00. The van der Waals surface area contributed by atoms with E-state index in [2.05, 4.69) is 20.8 Å². The van der Waals surface area contributed by atoms with Crippen LogP contribution in [0.1, 0.15) is 32.4 Å². The van der Waals surface area contributed by atoms with E-state index in [4.69, 9.17) is 5.73 Å². The van der Waals surface area contributed by atoms with Gasteiger partial charge in [-0.1, -0.05) is 20.8 Å². The van der Waals surface area contributed by atoms with Gasteiger partial charge in [0.1, 0.15) is 11.6 Å². The predicted molar refractivity (Wildman–Crippen MR) is 70.2 cm³/mol. The maximum Gasteiger partial charge on any atom is 0.128 e. The molecule has 0 aliphatic carbocycles. The fourth-order valence-electron chi connectivity index (χ4n) is 2.17. The maximum atomic E-state index is 13.8. The second-order valence-corrected chi connectivity index (χ2v) is 5.89. The average molecular weight is 256 g/mol. The highest BCUT2D eigenvalue weighted by molar-refractivity contribution is 5.22. The van der Waals surface area contributed by atoms with Crippen molar-refractivity contribution in [2.75, 3.05) is 20.1 Å². The Kier molecular flexibility index (Phi) is 4.82. The molecule has 0 fully saturated rings. The van der Waals surface area contributed by atoms with Gasteiger partial charge in [0.25, 0.3) is 0 Å². The molecule has 18 heavy (non-hydrogen) atoms. The molecule has 0 spiro atoms. The van der Waals surface area contributed by atoms with Crippen LogP contribution in [0, 0.1) is 17.0 Å². The van der Waals surface area contributed by atoms with E-state index in [1.165, 1.54) is 6.07 Å². The Balaban J connectivity index is 2.98. The second-order valence-electron chi connectivity index (χ2n) is 5.89. The lowest BCUT2D eigenvalue weighted by Crippen LogP contribution is -2.36. The van der Waals surface area contributed by atoms with Gasteiger partial charge in [0, 0.05) is 24.7 Å². The summed E-state index contributed by atoms with van der Waals surface area (Å²) in [7, 11) is 1.88. The third-order valence-corrected chi connectivity index (χ3v) is 2.80. The van der Waals surface area contributed by atoms with Gasteiger partial charge in [-0.3, -0.25) is 4.90 Å². The van der Waals surface area contributed by atoms with Crippen molar-refractivity contribution in [1.29, 1.82) is 0 Å². The van der Waals surface area contributed by atoms with Crippen LogP contribution in [0.2, 0.25) is 0 Å². The molecule has 102 valence electrons. The number of hydrogen-bond acceptors (Lipinski definition) is 2. The van der Waals surface area contributed by atoms with Gasteiger partial charge < -0.3 is 5.73 Å². The minimum absolute atomic E-state index is 0.0754. The molecule has 0 saturated carbocycles. The van der Waals surface area contributed by atoms with E-state index in [0.29, 0.717) is 5.56 Å². The second kappa shape index (κ2) is 5.76. The summed E-state index contributed by atoms with van der Waals surface area (Å²) in [5.74, 6) is -0.846. The molecule has 1 aromatic carbocycles. The summed E-state index contributed by atoms with van der Waals surface area (Å²) in [6.45, 7) is 7.30. The highest BCUT2D eigenvalue weighted by Crippen LogP contribution is 2.25. The summed E-state index contributed by atoms with van der Waals surface area (Å²) in [6.07, 6.45) is 0. The van der Waals surface area contributed by atoms with Crippen LogP contribution < -0.4 is 5.73 Å². The molecule has 0 amide bonds. The van der Waals surface area contributed by atoms with E-state index in [0.717, 1.165) is 18.7 Å². The normalized spacial score (nSPS) is 14.0. The molecule has 1 unspecified atom stereocenters. The fraction of sp³-hybridized carbons (Fsp3) is 0.571. The first kappa shape index (κ1) is 15.1. The Labute approximate surface area is 108 Å². The molecular formula is C14H22F2N2. The minimum Gasteiger partial charge on any atom is -0.329 e. The largest absolute Gasteiger partial charge is 0.329 e. The summed E-state index contributed by atoms with van der Waals surface area (Å²) in [4.78, 5) is 1.97. The summed E-state index contributed by atoms with van der Waals surface area (Å²) in [6, 6.07) is 3.19. The SMILES string of the molecule is CN(CC(C)(C)C)C(CN)c1cc(F)ccc1F. The summed E-state index contributed by atoms with van der Waals surface area (Å²) in [5.41, 5.74) is 6.11. The molecule has 0 radical (unpaired) electrons. The highest BCUT2D eigenvalue weighted by Gasteiger charge is 2.23. The van der Waals surface area contributed by atoms with E-state index in [9.17, 15) is 8.78 Å². The molecule has 2 nitrogen and oxygen atoms in total. The topological polar surface area (TPSA) is 29.3 Å². The van der Waals surface area contributed by atoms with E-state index in [-0.39, 0.29) is 18.0 Å². The number of likely N-dealkylation sites (N-methyl/N-ethyl adjacent to an activating group) is 1. The highest BCUT2D eigenvalue weighted by atomic mass is 19.1. The molecule has 1 aromatic rings. The van der Waals surface area contributed by atoms with Crippen molar-refractivity contribution >= 4 is 0 Å². The lowest BCUT2D eigenvalue weighted by molar-refractivity contribution is 0.173. The number of hydrogen-bond donors (Lipinski definition) is 1. The number of benzene rings is 1. The van der Waals surface area contributed by atoms with Crippen molar-refractivity contribution in [2.24, 2.45) is 11.1 Å². The molecule has 0 aromatic heterocycles. The summed E-state index contributed by atoms with van der Waals surface area (Å²) < 4.78 is 27.0. The number of nitrogens with zero attached hydrogens (tertiary/aromatic N) is 1. The zero-order chi connectivity index (χ0) is 13.9. The van der Waals surface area contributed by atoms with Crippen LogP contribution in [0.5, 0.6) is 0 Å². The molecule has 0 heterocycles. The van der Waals surface area contributed by atoms with E-state index in [1.54, 1.807) is 0 Å². The molecule has 0 aliphatic heterocycles. The van der Waals surface area contributed by atoms with Crippen LogP contribution in [0.25, 0.3) is 0 Å². The van der Waals surface area contributed by atoms with Crippen LogP contribution in [0.3, 0.4) is 0 Å². The number of halogens is 2. The standard InChI is InChI=1S/C14H22F2N2/c1-14(2,3)9-18(4)13(8-17)11-7-10(15)5-6-12(11)16/h5-7,13H,8-9,17H2,1-4H3. The van der Waals surface area contributed by atoms with Gasteiger partial charge in [-0.2, -0.15) is 0 Å². The molecule has 0 aliphatic rings. The van der Waals surface area contributed by atoms with Crippen LogP contribution in [0.4, 0.5) is 8.78 Å². The lowest BCUT2D eigenvalue weighted by atomic mass is 9.94. The van der Waals surface area contributed by atoms with Crippen LogP contribution in [0.15, 0.2) is 18.2 Å². The maximum absolute atomic E-state index is 13.8. The van der Waals surface area contributed by atoms with Crippen molar-refractivity contribution in [3.8, 4) is 0 Å². The predicted octanol–water partition coefficient (Wildman–Crippen LogP) is 2.94. The van der Waals surface area contributed by atoms with Gasteiger partial charge in [-0.05, 0) is 30.7 Å². The van der Waals surface area contributed by atoms with Crippen LogP contribution in [-0.2, 0) is 0 Å². The zero-order valence-electron chi connectivity index (χ0n) is 11.5. The van der Waals surface area contributed by atoms with Crippen molar-refractivity contribution in [3.05, 3.63) is 35.4 Å². The first-order chi connectivity index (χ1) is 8.24. The average Bonchev–Trinajstić information content (AvgIpc) is 2.21. The molecule has 4 heteroatoms. The van der Waals surface area contributed by atoms with E-state index < -0.39 is 11.6 Å². The molecule has 0 saturated heterocycles. The third-order valence-electron chi connectivity index (χ3n) is 2.80. The Bertz CT molecular complexity index is 399. The van der Waals surface area contributed by atoms with Gasteiger partial charge in [-0.25, -0.2) is 8.78 Å². The summed E-state index contributed by atoms with van der Waals surface area (Å²) in [5, 5.41) is 0.